The van der Waals surface area contributed by atoms with Crippen LogP contribution in [0.4, 0.5) is 0 Å². The van der Waals surface area contributed by atoms with Crippen LogP contribution < -0.4 is 0 Å². The molecule has 1 aromatic carbocycles. The first-order chi connectivity index (χ1) is 10.2. The zero-order chi connectivity index (χ0) is 14.8. The molecule has 0 atom stereocenters. The van der Waals surface area contributed by atoms with E-state index in [9.17, 15) is 0 Å². The Morgan fingerprint density at radius 1 is 1.19 bits per heavy atom. The van der Waals surface area contributed by atoms with Crippen molar-refractivity contribution in [3.8, 4) is 21.3 Å². The summed E-state index contributed by atoms with van der Waals surface area (Å²) in [6.07, 6.45) is 2.02. The number of aromatic nitrogens is 4. The Morgan fingerprint density at radius 2 is 1.95 bits per heavy atom. The Bertz CT molecular complexity index is 746. The lowest BCUT2D eigenvalue weighted by atomic mass is 10.2. The van der Waals surface area contributed by atoms with Gasteiger partial charge in [0.05, 0.1) is 10.6 Å². The number of aryl methyl sites for hydroxylation is 1. The smallest absolute Gasteiger partial charge is 0.191 e. The molecule has 0 saturated heterocycles. The summed E-state index contributed by atoms with van der Waals surface area (Å²) in [6.45, 7) is 5.00. The second kappa shape index (κ2) is 5.99. The normalized spacial score (nSPS) is 11.0. The van der Waals surface area contributed by atoms with Gasteiger partial charge in [0.1, 0.15) is 5.01 Å². The summed E-state index contributed by atoms with van der Waals surface area (Å²) in [6, 6.07) is 10.3. The summed E-state index contributed by atoms with van der Waals surface area (Å²) in [5.74, 6) is 0.916. The Hall–Kier alpha value is -1.66. The molecule has 21 heavy (non-hydrogen) atoms. The Kier molecular flexibility index (Phi) is 4.07. The van der Waals surface area contributed by atoms with Crippen molar-refractivity contribution in [2.45, 2.75) is 25.5 Å². The van der Waals surface area contributed by atoms with Crippen LogP contribution in [0.25, 0.3) is 21.3 Å². The number of rotatable bonds is 4. The molecule has 0 aliphatic carbocycles. The maximum absolute atomic E-state index is 4.70. The van der Waals surface area contributed by atoms with Gasteiger partial charge in [-0.2, -0.15) is 0 Å². The van der Waals surface area contributed by atoms with E-state index in [-0.39, 0.29) is 0 Å². The van der Waals surface area contributed by atoms with Crippen LogP contribution in [-0.4, -0.2) is 26.0 Å². The van der Waals surface area contributed by atoms with Crippen LogP contribution in [-0.2, 0) is 6.54 Å². The van der Waals surface area contributed by atoms with Gasteiger partial charge in [-0.3, -0.25) is 0 Å². The van der Waals surface area contributed by atoms with Crippen LogP contribution >= 0.6 is 23.1 Å². The quantitative estimate of drug-likeness (QED) is 0.679. The van der Waals surface area contributed by atoms with Crippen LogP contribution in [0.15, 0.2) is 35.5 Å². The van der Waals surface area contributed by atoms with E-state index in [4.69, 9.17) is 4.98 Å². The van der Waals surface area contributed by atoms with Gasteiger partial charge in [0.25, 0.3) is 0 Å². The predicted molar refractivity (Wildman–Crippen MR) is 88.8 cm³/mol. The van der Waals surface area contributed by atoms with E-state index in [0.29, 0.717) is 0 Å². The van der Waals surface area contributed by atoms with Crippen LogP contribution in [0.1, 0.15) is 12.6 Å². The Morgan fingerprint density at radius 3 is 2.62 bits per heavy atom. The molecule has 3 aromatic rings. The van der Waals surface area contributed by atoms with Gasteiger partial charge >= 0.3 is 0 Å². The van der Waals surface area contributed by atoms with Crippen LogP contribution in [0, 0.1) is 6.92 Å². The van der Waals surface area contributed by atoms with Gasteiger partial charge in [0.15, 0.2) is 11.0 Å². The lowest BCUT2D eigenvalue weighted by molar-refractivity contribution is 0.688. The molecule has 0 saturated carbocycles. The Labute approximate surface area is 132 Å². The highest BCUT2D eigenvalue weighted by Crippen LogP contribution is 2.35. The fourth-order valence-corrected chi connectivity index (χ4v) is 3.82. The maximum atomic E-state index is 4.70. The number of thiazole rings is 1. The molecule has 4 nitrogen and oxygen atoms in total. The molecule has 0 aliphatic rings. The first kappa shape index (κ1) is 14.3. The lowest BCUT2D eigenvalue weighted by Crippen LogP contribution is -1.99. The van der Waals surface area contributed by atoms with E-state index in [0.717, 1.165) is 38.7 Å². The van der Waals surface area contributed by atoms with E-state index >= 15 is 0 Å². The average molecular weight is 316 g/mol. The predicted octanol–water partition coefficient (Wildman–Crippen LogP) is 4.12. The molecule has 0 amide bonds. The minimum atomic E-state index is 0.858. The molecular formula is C15H16N4S2. The minimum absolute atomic E-state index is 0.858. The topological polar surface area (TPSA) is 43.6 Å². The van der Waals surface area contributed by atoms with Crippen LogP contribution in [0.5, 0.6) is 0 Å². The molecular weight excluding hydrogens is 300 g/mol. The molecule has 0 N–H and O–H groups in total. The van der Waals surface area contributed by atoms with Gasteiger partial charge in [-0.15, -0.1) is 21.5 Å². The fraction of sp³-hybridized carbons (Fsp3) is 0.267. The summed E-state index contributed by atoms with van der Waals surface area (Å²) in [5, 5.41) is 10.6. The monoisotopic (exact) mass is 316 g/mol. The summed E-state index contributed by atoms with van der Waals surface area (Å²) in [5.41, 5.74) is 2.15. The molecule has 2 heterocycles. The molecule has 0 unspecified atom stereocenters. The third kappa shape index (κ3) is 2.61. The molecule has 0 radical (unpaired) electrons. The Balaban J connectivity index is 2.08. The van der Waals surface area contributed by atoms with Crippen molar-refractivity contribution in [3.05, 3.63) is 36.0 Å². The zero-order valence-electron chi connectivity index (χ0n) is 12.2. The second-order valence-electron chi connectivity index (χ2n) is 4.55. The van der Waals surface area contributed by atoms with Gasteiger partial charge in [-0.1, -0.05) is 42.1 Å². The highest BCUT2D eigenvalue weighted by Gasteiger charge is 2.18. The van der Waals surface area contributed by atoms with Crippen LogP contribution in [0.3, 0.4) is 0 Å². The van der Waals surface area contributed by atoms with Crippen molar-refractivity contribution in [1.29, 1.82) is 0 Å². The van der Waals surface area contributed by atoms with Crippen molar-refractivity contribution in [2.75, 3.05) is 6.26 Å². The number of benzene rings is 1. The van der Waals surface area contributed by atoms with Gasteiger partial charge in [-0.05, 0) is 20.1 Å². The first-order valence-corrected chi connectivity index (χ1v) is 8.79. The standard InChI is InChI=1S/C15H16N4S2/c1-4-19-13(17-18-15(19)20-3)12-10(2)16-14(21-12)11-8-6-5-7-9-11/h5-9H,4H2,1-3H3. The van der Waals surface area contributed by atoms with Gasteiger partial charge in [-0.25, -0.2) is 4.98 Å². The maximum Gasteiger partial charge on any atom is 0.191 e. The number of hydrogen-bond acceptors (Lipinski definition) is 5. The van der Waals surface area contributed by atoms with E-state index in [2.05, 4.69) is 33.8 Å². The largest absolute Gasteiger partial charge is 0.302 e. The number of thioether (sulfide) groups is 1. The van der Waals surface area contributed by atoms with Crippen molar-refractivity contribution >= 4 is 23.1 Å². The highest BCUT2D eigenvalue weighted by molar-refractivity contribution is 7.98. The summed E-state index contributed by atoms with van der Waals surface area (Å²) < 4.78 is 2.14. The number of hydrogen-bond donors (Lipinski definition) is 0. The SMILES string of the molecule is CCn1c(SC)nnc1-c1sc(-c2ccccc2)nc1C. The van der Waals surface area contributed by atoms with Gasteiger partial charge < -0.3 is 4.57 Å². The number of nitrogens with zero attached hydrogens (tertiary/aromatic N) is 4. The lowest BCUT2D eigenvalue weighted by Gasteiger charge is -2.04. The van der Waals surface area contributed by atoms with E-state index in [1.807, 2.05) is 31.4 Å². The highest BCUT2D eigenvalue weighted by atomic mass is 32.2. The van der Waals surface area contributed by atoms with E-state index < -0.39 is 0 Å². The third-order valence-electron chi connectivity index (χ3n) is 3.24. The molecule has 0 fully saturated rings. The van der Waals surface area contributed by atoms with E-state index in [1.54, 1.807) is 23.1 Å². The molecule has 6 heteroatoms. The molecule has 0 aliphatic heterocycles. The fourth-order valence-electron chi connectivity index (χ4n) is 2.20. The summed E-state index contributed by atoms with van der Waals surface area (Å²) >= 11 is 3.29. The molecule has 108 valence electrons. The first-order valence-electron chi connectivity index (χ1n) is 6.75. The summed E-state index contributed by atoms with van der Waals surface area (Å²) in [4.78, 5) is 5.80. The van der Waals surface area contributed by atoms with E-state index in [1.165, 1.54) is 0 Å². The summed E-state index contributed by atoms with van der Waals surface area (Å²) in [7, 11) is 0. The molecule has 0 spiro atoms. The van der Waals surface area contributed by atoms with Crippen molar-refractivity contribution in [1.82, 2.24) is 19.7 Å². The average Bonchev–Trinajstić information content (AvgIpc) is 3.10. The van der Waals surface area contributed by atoms with Gasteiger partial charge in [0, 0.05) is 12.1 Å². The van der Waals surface area contributed by atoms with Crippen molar-refractivity contribution in [2.24, 2.45) is 0 Å². The van der Waals surface area contributed by atoms with Gasteiger partial charge in [0.2, 0.25) is 0 Å². The molecule has 3 rings (SSSR count). The van der Waals surface area contributed by atoms with Crippen molar-refractivity contribution in [3.63, 3.8) is 0 Å². The molecule has 0 bridgehead atoms. The third-order valence-corrected chi connectivity index (χ3v) is 5.11. The zero-order valence-corrected chi connectivity index (χ0v) is 13.8. The van der Waals surface area contributed by atoms with Crippen molar-refractivity contribution < 1.29 is 0 Å². The minimum Gasteiger partial charge on any atom is -0.302 e. The molecule has 2 aromatic heterocycles. The second-order valence-corrected chi connectivity index (χ2v) is 6.33. The van der Waals surface area contributed by atoms with Crippen LogP contribution in [0.2, 0.25) is 0 Å².